The molecule has 0 saturated heterocycles. The minimum absolute atomic E-state index is 0.134. The second kappa shape index (κ2) is 5.38. The molecule has 0 rings (SSSR count). The van der Waals surface area contributed by atoms with Crippen molar-refractivity contribution in [2.75, 3.05) is 0 Å². The zero-order valence-corrected chi connectivity index (χ0v) is 9.39. The van der Waals surface area contributed by atoms with E-state index in [1.807, 2.05) is 0 Å². The first kappa shape index (κ1) is 12.6. The summed E-state index contributed by atoms with van der Waals surface area (Å²) in [5.74, 6) is 0.676. The molecular formula is C11H23NO. The minimum Gasteiger partial charge on any atom is -0.319 e. The Labute approximate surface area is 81.9 Å². The Morgan fingerprint density at radius 2 is 2.00 bits per heavy atom. The van der Waals surface area contributed by atoms with E-state index in [1.165, 1.54) is 0 Å². The first-order chi connectivity index (χ1) is 5.96. The molecule has 78 valence electrons. The molecule has 0 fully saturated rings. The highest BCUT2D eigenvalue weighted by Gasteiger charge is 2.30. The van der Waals surface area contributed by atoms with E-state index in [-0.39, 0.29) is 5.78 Å². The first-order valence-electron chi connectivity index (χ1n) is 5.26. The lowest BCUT2D eigenvalue weighted by molar-refractivity contribution is -0.123. The Morgan fingerprint density at radius 1 is 1.46 bits per heavy atom. The molecule has 0 aliphatic heterocycles. The van der Waals surface area contributed by atoms with E-state index in [9.17, 15) is 4.79 Å². The molecule has 0 amide bonds. The SMILES string of the molecule is CCCC(N)(CC(C)CC)C(C)=O. The molecule has 2 atom stereocenters. The van der Waals surface area contributed by atoms with Crippen LogP contribution in [0.2, 0.25) is 0 Å². The molecule has 2 unspecified atom stereocenters. The van der Waals surface area contributed by atoms with Gasteiger partial charge in [-0.1, -0.05) is 33.6 Å². The molecule has 0 aromatic heterocycles. The van der Waals surface area contributed by atoms with Gasteiger partial charge in [-0.2, -0.15) is 0 Å². The number of ketones is 1. The maximum atomic E-state index is 11.4. The van der Waals surface area contributed by atoms with Gasteiger partial charge in [0.25, 0.3) is 0 Å². The highest BCUT2D eigenvalue weighted by molar-refractivity contribution is 5.85. The van der Waals surface area contributed by atoms with Crippen LogP contribution in [0.4, 0.5) is 0 Å². The van der Waals surface area contributed by atoms with Gasteiger partial charge in [-0.15, -0.1) is 0 Å². The maximum Gasteiger partial charge on any atom is 0.149 e. The van der Waals surface area contributed by atoms with Crippen molar-refractivity contribution in [2.45, 2.75) is 58.9 Å². The molecule has 0 heterocycles. The molecule has 0 bridgehead atoms. The van der Waals surface area contributed by atoms with Crippen molar-refractivity contribution >= 4 is 5.78 Å². The normalized spacial score (nSPS) is 17.9. The number of carbonyl (C=O) groups excluding carboxylic acids is 1. The standard InChI is InChI=1S/C11H23NO/c1-5-7-11(12,10(4)13)8-9(3)6-2/h9H,5-8,12H2,1-4H3. The van der Waals surface area contributed by atoms with E-state index in [0.29, 0.717) is 5.92 Å². The predicted molar refractivity (Wildman–Crippen MR) is 56.6 cm³/mol. The lowest BCUT2D eigenvalue weighted by Crippen LogP contribution is -2.47. The predicted octanol–water partition coefficient (Wildman–Crippen LogP) is 2.51. The Bertz CT molecular complexity index is 167. The average molecular weight is 185 g/mol. The highest BCUT2D eigenvalue weighted by Crippen LogP contribution is 2.22. The van der Waals surface area contributed by atoms with E-state index < -0.39 is 5.54 Å². The van der Waals surface area contributed by atoms with Crippen LogP contribution in [0.3, 0.4) is 0 Å². The monoisotopic (exact) mass is 185 g/mol. The van der Waals surface area contributed by atoms with Gasteiger partial charge in [0.05, 0.1) is 5.54 Å². The zero-order valence-electron chi connectivity index (χ0n) is 9.39. The summed E-state index contributed by atoms with van der Waals surface area (Å²) in [5, 5.41) is 0. The molecule has 2 nitrogen and oxygen atoms in total. The van der Waals surface area contributed by atoms with Gasteiger partial charge in [0.2, 0.25) is 0 Å². The second-order valence-corrected chi connectivity index (χ2v) is 4.18. The molecule has 0 aliphatic rings. The van der Waals surface area contributed by atoms with Crippen LogP contribution >= 0.6 is 0 Å². The maximum absolute atomic E-state index is 11.4. The molecule has 2 heteroatoms. The molecular weight excluding hydrogens is 162 g/mol. The number of hydrogen-bond acceptors (Lipinski definition) is 2. The highest BCUT2D eigenvalue weighted by atomic mass is 16.1. The van der Waals surface area contributed by atoms with Crippen molar-refractivity contribution < 1.29 is 4.79 Å². The average Bonchev–Trinajstić information content (AvgIpc) is 2.04. The van der Waals surface area contributed by atoms with Crippen LogP contribution in [0.15, 0.2) is 0 Å². The summed E-state index contributed by atoms with van der Waals surface area (Å²) in [6, 6.07) is 0. The van der Waals surface area contributed by atoms with Gasteiger partial charge in [0, 0.05) is 0 Å². The lowest BCUT2D eigenvalue weighted by Gasteiger charge is -2.28. The summed E-state index contributed by atoms with van der Waals surface area (Å²) in [4.78, 5) is 11.4. The van der Waals surface area contributed by atoms with Crippen LogP contribution < -0.4 is 5.73 Å². The van der Waals surface area contributed by atoms with Gasteiger partial charge in [0.1, 0.15) is 5.78 Å². The molecule has 13 heavy (non-hydrogen) atoms. The van der Waals surface area contributed by atoms with E-state index in [1.54, 1.807) is 6.92 Å². The van der Waals surface area contributed by atoms with Crippen LogP contribution in [-0.2, 0) is 4.79 Å². The van der Waals surface area contributed by atoms with Gasteiger partial charge in [0.15, 0.2) is 0 Å². The number of hydrogen-bond donors (Lipinski definition) is 1. The Morgan fingerprint density at radius 3 is 2.31 bits per heavy atom. The summed E-state index contributed by atoms with van der Waals surface area (Å²) >= 11 is 0. The Hall–Kier alpha value is -0.370. The Balaban J connectivity index is 4.32. The van der Waals surface area contributed by atoms with Crippen LogP contribution in [0.25, 0.3) is 0 Å². The molecule has 0 aliphatic carbocycles. The third-order valence-corrected chi connectivity index (χ3v) is 2.81. The van der Waals surface area contributed by atoms with E-state index in [2.05, 4.69) is 20.8 Å². The summed E-state index contributed by atoms with van der Waals surface area (Å²) in [6.45, 7) is 7.97. The summed E-state index contributed by atoms with van der Waals surface area (Å²) < 4.78 is 0. The number of nitrogens with two attached hydrogens (primary N) is 1. The van der Waals surface area contributed by atoms with Crippen LogP contribution in [0.1, 0.15) is 53.4 Å². The third kappa shape index (κ3) is 3.90. The lowest BCUT2D eigenvalue weighted by atomic mass is 9.81. The zero-order chi connectivity index (χ0) is 10.5. The van der Waals surface area contributed by atoms with Crippen LogP contribution in [0, 0.1) is 5.92 Å². The fourth-order valence-electron chi connectivity index (χ4n) is 1.63. The molecule has 0 aromatic rings. The molecule has 0 saturated carbocycles. The summed E-state index contributed by atoms with van der Waals surface area (Å²) in [7, 11) is 0. The molecule has 0 aromatic carbocycles. The first-order valence-corrected chi connectivity index (χ1v) is 5.26. The molecule has 0 radical (unpaired) electrons. The third-order valence-electron chi connectivity index (χ3n) is 2.81. The van der Waals surface area contributed by atoms with E-state index in [0.717, 1.165) is 25.7 Å². The topological polar surface area (TPSA) is 43.1 Å². The molecule has 0 spiro atoms. The van der Waals surface area contributed by atoms with Crippen LogP contribution in [-0.4, -0.2) is 11.3 Å². The number of rotatable bonds is 6. The quantitative estimate of drug-likeness (QED) is 0.691. The van der Waals surface area contributed by atoms with Crippen LogP contribution in [0.5, 0.6) is 0 Å². The van der Waals surface area contributed by atoms with Gasteiger partial charge in [-0.25, -0.2) is 0 Å². The largest absolute Gasteiger partial charge is 0.319 e. The number of carbonyl (C=O) groups is 1. The summed E-state index contributed by atoms with van der Waals surface area (Å²) in [6.07, 6.45) is 3.71. The second-order valence-electron chi connectivity index (χ2n) is 4.18. The van der Waals surface area contributed by atoms with Crippen molar-refractivity contribution in [2.24, 2.45) is 11.7 Å². The summed E-state index contributed by atoms with van der Waals surface area (Å²) in [5.41, 5.74) is 5.51. The minimum atomic E-state index is -0.565. The smallest absolute Gasteiger partial charge is 0.149 e. The van der Waals surface area contributed by atoms with Crippen molar-refractivity contribution in [1.29, 1.82) is 0 Å². The van der Waals surface area contributed by atoms with Gasteiger partial charge in [-0.05, 0) is 25.7 Å². The van der Waals surface area contributed by atoms with Crippen molar-refractivity contribution in [1.82, 2.24) is 0 Å². The molecule has 2 N–H and O–H groups in total. The van der Waals surface area contributed by atoms with Gasteiger partial charge < -0.3 is 5.73 Å². The van der Waals surface area contributed by atoms with Crippen molar-refractivity contribution in [3.63, 3.8) is 0 Å². The van der Waals surface area contributed by atoms with Gasteiger partial charge in [-0.3, -0.25) is 4.79 Å². The number of Topliss-reactive ketones (excluding diaryl/α,β-unsaturated/α-hetero) is 1. The van der Waals surface area contributed by atoms with Crippen molar-refractivity contribution in [3.05, 3.63) is 0 Å². The Kier molecular flexibility index (Phi) is 5.23. The van der Waals surface area contributed by atoms with Gasteiger partial charge >= 0.3 is 0 Å². The van der Waals surface area contributed by atoms with E-state index in [4.69, 9.17) is 5.73 Å². The van der Waals surface area contributed by atoms with Crippen molar-refractivity contribution in [3.8, 4) is 0 Å². The van der Waals surface area contributed by atoms with E-state index >= 15 is 0 Å². The fraction of sp³-hybridized carbons (Fsp3) is 0.909. The fourth-order valence-corrected chi connectivity index (χ4v) is 1.63.